The van der Waals surface area contributed by atoms with Crippen LogP contribution < -0.4 is 5.32 Å². The van der Waals surface area contributed by atoms with Gasteiger partial charge >= 0.3 is 5.97 Å². The summed E-state index contributed by atoms with van der Waals surface area (Å²) < 4.78 is 4.70. The lowest BCUT2D eigenvalue weighted by molar-refractivity contribution is -0.141. The van der Waals surface area contributed by atoms with Crippen molar-refractivity contribution in [2.24, 2.45) is 0 Å². The topological polar surface area (TPSA) is 58.6 Å². The SMILES string of the molecule is COC(=O)CCC(NC1CCCC1)C(O)c1cccs1. The van der Waals surface area contributed by atoms with Gasteiger partial charge in [0.15, 0.2) is 0 Å². The first-order chi connectivity index (χ1) is 9.70. The minimum Gasteiger partial charge on any atom is -0.469 e. The summed E-state index contributed by atoms with van der Waals surface area (Å²) in [6.07, 6.45) is 5.19. The van der Waals surface area contributed by atoms with Crippen LogP contribution in [0.4, 0.5) is 0 Å². The van der Waals surface area contributed by atoms with Crippen LogP contribution in [0.5, 0.6) is 0 Å². The molecule has 0 saturated heterocycles. The van der Waals surface area contributed by atoms with Crippen LogP contribution in [0.3, 0.4) is 0 Å². The average Bonchev–Trinajstić information content (AvgIpc) is 3.14. The van der Waals surface area contributed by atoms with Gasteiger partial charge in [-0.25, -0.2) is 0 Å². The third-order valence-electron chi connectivity index (χ3n) is 3.91. The molecule has 1 aliphatic carbocycles. The van der Waals surface area contributed by atoms with E-state index in [1.165, 1.54) is 20.0 Å². The van der Waals surface area contributed by atoms with Crippen molar-refractivity contribution in [3.05, 3.63) is 22.4 Å². The Morgan fingerprint density at radius 3 is 2.90 bits per heavy atom. The second-order valence-electron chi connectivity index (χ2n) is 5.33. The Labute approximate surface area is 124 Å². The molecule has 1 heterocycles. The van der Waals surface area contributed by atoms with E-state index in [0.717, 1.165) is 17.7 Å². The Morgan fingerprint density at radius 2 is 2.30 bits per heavy atom. The fourth-order valence-electron chi connectivity index (χ4n) is 2.76. The summed E-state index contributed by atoms with van der Waals surface area (Å²) >= 11 is 1.55. The fourth-order valence-corrected chi connectivity index (χ4v) is 3.54. The highest BCUT2D eigenvalue weighted by Gasteiger charge is 2.26. The van der Waals surface area contributed by atoms with E-state index in [9.17, 15) is 9.90 Å². The maximum atomic E-state index is 11.3. The summed E-state index contributed by atoms with van der Waals surface area (Å²) in [6.45, 7) is 0. The second-order valence-corrected chi connectivity index (χ2v) is 6.31. The summed E-state index contributed by atoms with van der Waals surface area (Å²) in [5.74, 6) is -0.221. The van der Waals surface area contributed by atoms with Gasteiger partial charge in [-0.3, -0.25) is 4.79 Å². The lowest BCUT2D eigenvalue weighted by Gasteiger charge is -2.26. The van der Waals surface area contributed by atoms with Gasteiger partial charge in [-0.15, -0.1) is 11.3 Å². The number of ether oxygens (including phenoxy) is 1. The Bertz CT molecular complexity index is 401. The molecule has 0 spiro atoms. The quantitative estimate of drug-likeness (QED) is 0.760. The van der Waals surface area contributed by atoms with Crippen LogP contribution in [0.2, 0.25) is 0 Å². The van der Waals surface area contributed by atoms with Gasteiger partial charge in [0.05, 0.1) is 7.11 Å². The minimum atomic E-state index is -0.555. The zero-order valence-electron chi connectivity index (χ0n) is 11.9. The van der Waals surface area contributed by atoms with Crippen LogP contribution in [0.25, 0.3) is 0 Å². The van der Waals surface area contributed by atoms with Gasteiger partial charge in [0, 0.05) is 23.4 Å². The number of thiophene rings is 1. The van der Waals surface area contributed by atoms with Crippen LogP contribution in [0, 0.1) is 0 Å². The number of nitrogens with one attached hydrogen (secondary N) is 1. The number of methoxy groups -OCH3 is 1. The van der Waals surface area contributed by atoms with Gasteiger partial charge in [0.25, 0.3) is 0 Å². The van der Waals surface area contributed by atoms with Crippen molar-refractivity contribution in [3.8, 4) is 0 Å². The molecule has 5 heteroatoms. The van der Waals surface area contributed by atoms with Crippen molar-refractivity contribution in [3.63, 3.8) is 0 Å². The Balaban J connectivity index is 1.96. The van der Waals surface area contributed by atoms with E-state index in [1.54, 1.807) is 11.3 Å². The van der Waals surface area contributed by atoms with Crippen LogP contribution in [-0.4, -0.2) is 30.3 Å². The number of rotatable bonds is 7. The Morgan fingerprint density at radius 1 is 1.55 bits per heavy atom. The van der Waals surface area contributed by atoms with Crippen molar-refractivity contribution in [1.82, 2.24) is 5.32 Å². The molecule has 2 atom stereocenters. The van der Waals surface area contributed by atoms with Crippen molar-refractivity contribution < 1.29 is 14.6 Å². The predicted molar refractivity (Wildman–Crippen MR) is 79.7 cm³/mol. The zero-order chi connectivity index (χ0) is 14.4. The van der Waals surface area contributed by atoms with Crippen LogP contribution in [0.15, 0.2) is 17.5 Å². The largest absolute Gasteiger partial charge is 0.469 e. The van der Waals surface area contributed by atoms with Gasteiger partial charge in [0.2, 0.25) is 0 Å². The van der Waals surface area contributed by atoms with Crippen LogP contribution in [0.1, 0.15) is 49.5 Å². The van der Waals surface area contributed by atoms with Gasteiger partial charge < -0.3 is 15.2 Å². The van der Waals surface area contributed by atoms with Crippen LogP contribution >= 0.6 is 11.3 Å². The van der Waals surface area contributed by atoms with E-state index in [4.69, 9.17) is 4.74 Å². The molecule has 1 aromatic rings. The third kappa shape index (κ3) is 4.30. The summed E-state index contributed by atoms with van der Waals surface area (Å²) in [7, 11) is 1.40. The smallest absolute Gasteiger partial charge is 0.305 e. The van der Waals surface area contributed by atoms with Crippen molar-refractivity contribution in [1.29, 1.82) is 0 Å². The average molecular weight is 297 g/mol. The highest BCUT2D eigenvalue weighted by atomic mass is 32.1. The molecule has 0 aliphatic heterocycles. The molecular weight excluding hydrogens is 274 g/mol. The molecule has 1 saturated carbocycles. The maximum absolute atomic E-state index is 11.3. The van der Waals surface area contributed by atoms with E-state index in [2.05, 4.69) is 5.32 Å². The summed E-state index contributed by atoms with van der Waals surface area (Å²) in [4.78, 5) is 12.3. The number of hydrogen-bond donors (Lipinski definition) is 2. The van der Waals surface area contributed by atoms with Gasteiger partial charge in [-0.05, 0) is 30.7 Å². The van der Waals surface area contributed by atoms with Crippen molar-refractivity contribution in [2.45, 2.75) is 56.7 Å². The minimum absolute atomic E-state index is 0.0872. The highest BCUT2D eigenvalue weighted by Crippen LogP contribution is 2.27. The number of aliphatic hydroxyl groups excluding tert-OH is 1. The normalized spacial score (nSPS) is 18.9. The molecule has 2 unspecified atom stereocenters. The van der Waals surface area contributed by atoms with E-state index >= 15 is 0 Å². The lowest BCUT2D eigenvalue weighted by atomic mass is 10.0. The zero-order valence-corrected chi connectivity index (χ0v) is 12.7. The van der Waals surface area contributed by atoms with Gasteiger partial charge in [0.1, 0.15) is 6.10 Å². The highest BCUT2D eigenvalue weighted by molar-refractivity contribution is 7.10. The molecule has 0 bridgehead atoms. The van der Waals surface area contributed by atoms with E-state index in [0.29, 0.717) is 18.9 Å². The standard InChI is InChI=1S/C15H23NO3S/c1-19-14(17)9-8-12(16-11-5-2-3-6-11)15(18)13-7-4-10-20-13/h4,7,10-12,15-16,18H,2-3,5-6,8-9H2,1H3. The number of esters is 1. The third-order valence-corrected chi connectivity index (χ3v) is 4.85. The molecule has 1 aliphatic rings. The van der Waals surface area contributed by atoms with Crippen LogP contribution in [-0.2, 0) is 9.53 Å². The number of aliphatic hydroxyl groups is 1. The Hall–Kier alpha value is -0.910. The monoisotopic (exact) mass is 297 g/mol. The molecule has 1 aromatic heterocycles. The molecule has 0 aromatic carbocycles. The van der Waals surface area contributed by atoms with E-state index in [-0.39, 0.29) is 12.0 Å². The molecule has 112 valence electrons. The second kappa shape index (κ2) is 7.76. The fraction of sp³-hybridized carbons (Fsp3) is 0.667. The molecule has 0 radical (unpaired) electrons. The molecule has 4 nitrogen and oxygen atoms in total. The summed E-state index contributed by atoms with van der Waals surface area (Å²) in [5, 5.41) is 16.0. The molecular formula is C15H23NO3S. The maximum Gasteiger partial charge on any atom is 0.305 e. The first-order valence-electron chi connectivity index (χ1n) is 7.25. The molecule has 0 amide bonds. The lowest BCUT2D eigenvalue weighted by Crippen LogP contribution is -2.41. The summed E-state index contributed by atoms with van der Waals surface area (Å²) in [5.41, 5.74) is 0. The molecule has 2 N–H and O–H groups in total. The number of hydrogen-bond acceptors (Lipinski definition) is 5. The van der Waals surface area contributed by atoms with Crippen molar-refractivity contribution in [2.75, 3.05) is 7.11 Å². The van der Waals surface area contributed by atoms with Gasteiger partial charge in [-0.1, -0.05) is 18.9 Å². The molecule has 1 fully saturated rings. The first kappa shape index (κ1) is 15.5. The number of carbonyl (C=O) groups excluding carboxylic acids is 1. The van der Waals surface area contributed by atoms with Crippen molar-refractivity contribution >= 4 is 17.3 Å². The molecule has 20 heavy (non-hydrogen) atoms. The predicted octanol–water partition coefficient (Wildman–Crippen LogP) is 2.64. The number of carbonyl (C=O) groups is 1. The summed E-state index contributed by atoms with van der Waals surface area (Å²) in [6, 6.07) is 4.26. The Kier molecular flexibility index (Phi) is 6.01. The van der Waals surface area contributed by atoms with Gasteiger partial charge in [-0.2, -0.15) is 0 Å². The first-order valence-corrected chi connectivity index (χ1v) is 8.13. The van der Waals surface area contributed by atoms with E-state index in [1.807, 2.05) is 17.5 Å². The molecule has 2 rings (SSSR count). The van der Waals surface area contributed by atoms with E-state index < -0.39 is 6.10 Å².